The number of hydrogen-bond donors (Lipinski definition) is 7. The van der Waals surface area contributed by atoms with E-state index >= 15 is 0 Å². The number of nitrogens with two attached hydrogens (primary N) is 1. The molecule has 0 radical (unpaired) electrons. The number of rotatable bonds is 3. The highest BCUT2D eigenvalue weighted by molar-refractivity contribution is 5.94. The normalized spacial score (nSPS) is 9.48. The maximum absolute atomic E-state index is 11.7. The Labute approximate surface area is 143 Å². The summed E-state index contributed by atoms with van der Waals surface area (Å²) in [5.41, 5.74) is 7.88. The van der Waals surface area contributed by atoms with Crippen molar-refractivity contribution < 1.29 is 14.4 Å². The summed E-state index contributed by atoms with van der Waals surface area (Å²) in [5.74, 6) is 4.96. The van der Waals surface area contributed by atoms with Gasteiger partial charge in [-0.25, -0.2) is 31.1 Å². The van der Waals surface area contributed by atoms with Crippen LogP contribution in [0.5, 0.6) is 0 Å². The summed E-state index contributed by atoms with van der Waals surface area (Å²) >= 11 is 0. The van der Waals surface area contributed by atoms with E-state index in [1.54, 1.807) is 48.5 Å². The minimum atomic E-state index is -0.636. The van der Waals surface area contributed by atoms with Gasteiger partial charge in [0, 0.05) is 17.1 Å². The van der Waals surface area contributed by atoms with Crippen LogP contribution < -0.4 is 38.1 Å². The van der Waals surface area contributed by atoms with Crippen molar-refractivity contribution >= 4 is 35.2 Å². The molecule has 0 aromatic heterocycles. The lowest BCUT2D eigenvalue weighted by Crippen LogP contribution is -2.45. The minimum absolute atomic E-state index is 0.460. The molecule has 0 saturated carbocycles. The fraction of sp³-hybridized carbons (Fsp3) is 0. The second-order valence-corrected chi connectivity index (χ2v) is 4.70. The van der Waals surface area contributed by atoms with Gasteiger partial charge >= 0.3 is 18.1 Å². The van der Waals surface area contributed by atoms with Crippen LogP contribution in [-0.2, 0) is 0 Å². The van der Waals surface area contributed by atoms with Crippen LogP contribution in [0.2, 0.25) is 0 Å². The minimum Gasteiger partial charge on any atom is -0.307 e. The number of benzene rings is 2. The van der Waals surface area contributed by atoms with E-state index in [9.17, 15) is 14.4 Å². The van der Waals surface area contributed by atoms with E-state index < -0.39 is 18.1 Å². The first-order valence-electron chi connectivity index (χ1n) is 7.13. The van der Waals surface area contributed by atoms with Crippen LogP contribution in [-0.4, -0.2) is 18.1 Å². The summed E-state index contributed by atoms with van der Waals surface area (Å²) in [6.45, 7) is 0. The van der Waals surface area contributed by atoms with Crippen LogP contribution in [0.15, 0.2) is 54.6 Å². The summed E-state index contributed by atoms with van der Waals surface area (Å²) in [5, 5.41) is 7.52. The third-order valence-corrected chi connectivity index (χ3v) is 2.85. The van der Waals surface area contributed by atoms with Crippen LogP contribution in [0.1, 0.15) is 0 Å². The number of urea groups is 3. The van der Waals surface area contributed by atoms with Crippen molar-refractivity contribution in [3.05, 3.63) is 54.6 Å². The number of hydrazine groups is 2. The van der Waals surface area contributed by atoms with Crippen molar-refractivity contribution in [2.24, 2.45) is 5.84 Å². The second-order valence-electron chi connectivity index (χ2n) is 4.70. The van der Waals surface area contributed by atoms with Gasteiger partial charge in [0.1, 0.15) is 0 Å². The van der Waals surface area contributed by atoms with E-state index in [1.807, 2.05) is 11.5 Å². The van der Waals surface area contributed by atoms with Gasteiger partial charge < -0.3 is 16.0 Å². The summed E-state index contributed by atoms with van der Waals surface area (Å²) < 4.78 is 0. The molecule has 130 valence electrons. The Morgan fingerprint density at radius 2 is 1.00 bits per heavy atom. The summed E-state index contributed by atoms with van der Waals surface area (Å²) in [7, 11) is 0. The highest BCUT2D eigenvalue weighted by Gasteiger charge is 2.05. The van der Waals surface area contributed by atoms with Crippen LogP contribution in [0, 0.1) is 0 Å². The molecule has 0 unspecified atom stereocenters. The van der Waals surface area contributed by atoms with Crippen LogP contribution in [0.4, 0.5) is 31.4 Å². The van der Waals surface area contributed by atoms with Crippen molar-refractivity contribution in [2.75, 3.05) is 16.0 Å². The highest BCUT2D eigenvalue weighted by atomic mass is 16.2. The number of amides is 6. The van der Waals surface area contributed by atoms with Gasteiger partial charge in [-0.3, -0.25) is 5.43 Å². The number of nitrogens with one attached hydrogen (secondary N) is 6. The van der Waals surface area contributed by atoms with E-state index in [4.69, 9.17) is 5.84 Å². The number of carbonyl (C=O) groups is 3. The van der Waals surface area contributed by atoms with E-state index in [0.717, 1.165) is 0 Å². The zero-order chi connectivity index (χ0) is 18.1. The molecular weight excluding hydrogens is 326 g/mol. The molecule has 2 rings (SSSR count). The molecule has 25 heavy (non-hydrogen) atoms. The van der Waals surface area contributed by atoms with Gasteiger partial charge in [-0.15, -0.1) is 0 Å². The molecule has 2 aromatic rings. The highest BCUT2D eigenvalue weighted by Crippen LogP contribution is 2.13. The van der Waals surface area contributed by atoms with Crippen molar-refractivity contribution in [3.8, 4) is 0 Å². The largest absolute Gasteiger partial charge is 0.337 e. The SMILES string of the molecule is NNC(=O)Nc1ccc(NC(=O)NNC(=O)Nc2ccccc2)cc1. The lowest BCUT2D eigenvalue weighted by atomic mass is 10.3. The van der Waals surface area contributed by atoms with E-state index in [0.29, 0.717) is 17.1 Å². The van der Waals surface area contributed by atoms with E-state index in [2.05, 4.69) is 26.8 Å². The Morgan fingerprint density at radius 3 is 1.44 bits per heavy atom. The van der Waals surface area contributed by atoms with Gasteiger partial charge in [0.05, 0.1) is 0 Å². The fourth-order valence-corrected chi connectivity index (χ4v) is 1.76. The third kappa shape index (κ3) is 6.08. The molecule has 0 spiro atoms. The molecule has 0 aliphatic carbocycles. The van der Waals surface area contributed by atoms with E-state index in [-0.39, 0.29) is 0 Å². The second kappa shape index (κ2) is 8.74. The van der Waals surface area contributed by atoms with Crippen LogP contribution in [0.25, 0.3) is 0 Å². The molecule has 0 fully saturated rings. The lowest BCUT2D eigenvalue weighted by Gasteiger charge is -2.10. The van der Waals surface area contributed by atoms with Gasteiger partial charge in [0.25, 0.3) is 0 Å². The first-order valence-corrected chi connectivity index (χ1v) is 7.13. The van der Waals surface area contributed by atoms with E-state index in [1.165, 1.54) is 0 Å². The molecule has 0 atom stereocenters. The van der Waals surface area contributed by atoms with Crippen molar-refractivity contribution in [2.45, 2.75) is 0 Å². The molecule has 10 nitrogen and oxygen atoms in total. The van der Waals surface area contributed by atoms with Crippen molar-refractivity contribution in [3.63, 3.8) is 0 Å². The fourth-order valence-electron chi connectivity index (χ4n) is 1.76. The Morgan fingerprint density at radius 1 is 0.600 bits per heavy atom. The quantitative estimate of drug-likeness (QED) is 0.257. The van der Waals surface area contributed by atoms with Crippen LogP contribution in [0.3, 0.4) is 0 Å². The summed E-state index contributed by atoms with van der Waals surface area (Å²) in [6, 6.07) is 13.3. The molecule has 10 heteroatoms. The third-order valence-electron chi connectivity index (χ3n) is 2.85. The number of para-hydroxylation sites is 1. The summed E-state index contributed by atoms with van der Waals surface area (Å²) in [6.07, 6.45) is 0. The Hall–Kier alpha value is -3.79. The molecule has 2 aromatic carbocycles. The summed E-state index contributed by atoms with van der Waals surface area (Å²) in [4.78, 5) is 34.4. The average Bonchev–Trinajstić information content (AvgIpc) is 2.62. The van der Waals surface area contributed by atoms with Gasteiger partial charge in [-0.05, 0) is 36.4 Å². The number of anilines is 3. The molecule has 6 amide bonds. The average molecular weight is 343 g/mol. The predicted octanol–water partition coefficient (Wildman–Crippen LogP) is 1.54. The molecule has 0 heterocycles. The van der Waals surface area contributed by atoms with Gasteiger partial charge in [-0.2, -0.15) is 0 Å². The molecular formula is C15H17N7O3. The van der Waals surface area contributed by atoms with Gasteiger partial charge in [-0.1, -0.05) is 18.2 Å². The molecule has 0 saturated heterocycles. The maximum atomic E-state index is 11.7. The first-order chi connectivity index (χ1) is 12.1. The lowest BCUT2D eigenvalue weighted by molar-refractivity contribution is 0.237. The monoisotopic (exact) mass is 343 g/mol. The zero-order valence-corrected chi connectivity index (χ0v) is 13.0. The molecule has 0 bridgehead atoms. The van der Waals surface area contributed by atoms with Crippen molar-refractivity contribution in [1.29, 1.82) is 0 Å². The maximum Gasteiger partial charge on any atom is 0.337 e. The Kier molecular flexibility index (Phi) is 6.14. The smallest absolute Gasteiger partial charge is 0.307 e. The first kappa shape index (κ1) is 17.6. The number of hydrogen-bond acceptors (Lipinski definition) is 4. The Balaban J connectivity index is 1.76. The topological polar surface area (TPSA) is 149 Å². The molecule has 0 aliphatic heterocycles. The number of carbonyl (C=O) groups excluding carboxylic acids is 3. The van der Waals surface area contributed by atoms with Gasteiger partial charge in [0.15, 0.2) is 0 Å². The standard InChI is InChI=1S/C15H17N7O3/c16-20-13(23)17-11-6-8-12(9-7-11)19-15(25)22-21-14(24)18-10-4-2-1-3-5-10/h1-9H,16H2,(H2,17,20,23)(H2,18,21,24)(H2,19,22,25). The van der Waals surface area contributed by atoms with Crippen molar-refractivity contribution in [1.82, 2.24) is 16.3 Å². The Bertz CT molecular complexity index is 735. The van der Waals surface area contributed by atoms with Gasteiger partial charge in [0.2, 0.25) is 0 Å². The molecule has 8 N–H and O–H groups in total. The zero-order valence-electron chi connectivity index (χ0n) is 13.0. The van der Waals surface area contributed by atoms with Crippen LogP contribution >= 0.6 is 0 Å². The predicted molar refractivity (Wildman–Crippen MR) is 93.5 cm³/mol. The molecule has 0 aliphatic rings.